The van der Waals surface area contributed by atoms with Crippen LogP contribution in [-0.4, -0.2) is 19.0 Å². The molecule has 0 aliphatic rings. The van der Waals surface area contributed by atoms with Crippen molar-refractivity contribution in [1.82, 2.24) is 5.32 Å². The second kappa shape index (κ2) is 7.10. The Bertz CT molecular complexity index is 564. The van der Waals surface area contributed by atoms with Crippen LogP contribution in [0, 0.1) is 6.92 Å². The number of anilines is 1. The van der Waals surface area contributed by atoms with Crippen LogP contribution in [0.3, 0.4) is 0 Å². The Morgan fingerprint density at radius 1 is 1.30 bits per heavy atom. The average molecular weight is 288 g/mol. The molecule has 0 fully saturated rings. The number of hydrogen-bond acceptors (Lipinski definition) is 3. The molecular weight excluding hydrogens is 268 g/mol. The molecule has 2 N–H and O–H groups in total. The Balaban J connectivity index is 1.91. The Morgan fingerprint density at radius 3 is 2.80 bits per heavy atom. The van der Waals surface area contributed by atoms with Crippen LogP contribution < -0.4 is 10.6 Å². The predicted octanol–water partition coefficient (Wildman–Crippen LogP) is 3.46. The fourth-order valence-electron chi connectivity index (χ4n) is 2.08. The SMILES string of the molecule is CCNc1ccc(C(=O)NCCc2ccsc2)c(C)c1. The molecule has 0 bridgehead atoms. The van der Waals surface area contributed by atoms with Gasteiger partial charge in [0, 0.05) is 24.3 Å². The van der Waals surface area contributed by atoms with Crippen LogP contribution in [0.4, 0.5) is 5.69 Å². The third-order valence-electron chi connectivity index (χ3n) is 3.13. The molecule has 2 aromatic rings. The summed E-state index contributed by atoms with van der Waals surface area (Å²) in [5.74, 6) is 0.000720. The summed E-state index contributed by atoms with van der Waals surface area (Å²) in [6.07, 6.45) is 0.879. The summed E-state index contributed by atoms with van der Waals surface area (Å²) >= 11 is 1.68. The zero-order valence-corrected chi connectivity index (χ0v) is 12.7. The van der Waals surface area contributed by atoms with E-state index in [-0.39, 0.29) is 5.91 Å². The minimum absolute atomic E-state index is 0.000720. The lowest BCUT2D eigenvalue weighted by Crippen LogP contribution is -2.26. The monoisotopic (exact) mass is 288 g/mol. The molecule has 0 spiro atoms. The average Bonchev–Trinajstić information content (AvgIpc) is 2.92. The molecule has 1 amide bonds. The summed E-state index contributed by atoms with van der Waals surface area (Å²) < 4.78 is 0. The summed E-state index contributed by atoms with van der Waals surface area (Å²) in [6, 6.07) is 7.93. The maximum atomic E-state index is 12.1. The first kappa shape index (κ1) is 14.6. The van der Waals surface area contributed by atoms with Crippen LogP contribution in [0.25, 0.3) is 0 Å². The van der Waals surface area contributed by atoms with Crippen molar-refractivity contribution in [1.29, 1.82) is 0 Å². The largest absolute Gasteiger partial charge is 0.385 e. The lowest BCUT2D eigenvalue weighted by molar-refractivity contribution is 0.0953. The molecule has 1 aromatic carbocycles. The van der Waals surface area contributed by atoms with Crippen LogP contribution in [0.5, 0.6) is 0 Å². The maximum absolute atomic E-state index is 12.1. The number of aryl methyl sites for hydroxylation is 1. The molecule has 0 atom stereocenters. The minimum Gasteiger partial charge on any atom is -0.385 e. The molecule has 2 rings (SSSR count). The highest BCUT2D eigenvalue weighted by molar-refractivity contribution is 7.07. The maximum Gasteiger partial charge on any atom is 0.251 e. The van der Waals surface area contributed by atoms with Crippen LogP contribution >= 0.6 is 11.3 Å². The van der Waals surface area contributed by atoms with Gasteiger partial charge in [-0.25, -0.2) is 0 Å². The molecule has 106 valence electrons. The number of benzene rings is 1. The second-order valence-corrected chi connectivity index (χ2v) is 5.48. The molecular formula is C16H20N2OS. The molecule has 0 saturated carbocycles. The number of carbonyl (C=O) groups excluding carboxylic acids is 1. The van der Waals surface area contributed by atoms with E-state index in [0.717, 1.165) is 29.8 Å². The first-order valence-electron chi connectivity index (χ1n) is 6.84. The summed E-state index contributed by atoms with van der Waals surface area (Å²) in [5, 5.41) is 10.4. The van der Waals surface area contributed by atoms with Crippen molar-refractivity contribution < 1.29 is 4.79 Å². The number of hydrogen-bond donors (Lipinski definition) is 2. The van der Waals surface area contributed by atoms with Gasteiger partial charge in [-0.05, 0) is 66.4 Å². The van der Waals surface area contributed by atoms with Crippen LogP contribution in [0.2, 0.25) is 0 Å². The molecule has 0 saturated heterocycles. The number of nitrogens with one attached hydrogen (secondary N) is 2. The molecule has 1 aromatic heterocycles. The van der Waals surface area contributed by atoms with E-state index in [4.69, 9.17) is 0 Å². The van der Waals surface area contributed by atoms with Crippen LogP contribution in [0.15, 0.2) is 35.0 Å². The highest BCUT2D eigenvalue weighted by Crippen LogP contribution is 2.15. The van der Waals surface area contributed by atoms with E-state index in [9.17, 15) is 4.79 Å². The fraction of sp³-hybridized carbons (Fsp3) is 0.312. The van der Waals surface area contributed by atoms with Gasteiger partial charge in [-0.1, -0.05) is 0 Å². The lowest BCUT2D eigenvalue weighted by atomic mass is 10.1. The normalized spacial score (nSPS) is 10.3. The minimum atomic E-state index is 0.000720. The second-order valence-electron chi connectivity index (χ2n) is 4.70. The van der Waals surface area contributed by atoms with Gasteiger partial charge in [-0.3, -0.25) is 4.79 Å². The van der Waals surface area contributed by atoms with Gasteiger partial charge in [0.05, 0.1) is 0 Å². The summed E-state index contributed by atoms with van der Waals surface area (Å²) in [6.45, 7) is 5.57. The van der Waals surface area contributed by atoms with Gasteiger partial charge < -0.3 is 10.6 Å². The number of thiophene rings is 1. The number of amides is 1. The van der Waals surface area contributed by atoms with Gasteiger partial charge in [-0.2, -0.15) is 11.3 Å². The third-order valence-corrected chi connectivity index (χ3v) is 3.86. The van der Waals surface area contributed by atoms with Gasteiger partial charge in [0.15, 0.2) is 0 Å². The molecule has 3 nitrogen and oxygen atoms in total. The van der Waals surface area contributed by atoms with E-state index in [2.05, 4.69) is 34.4 Å². The van der Waals surface area contributed by atoms with Crippen molar-refractivity contribution in [2.75, 3.05) is 18.4 Å². The van der Waals surface area contributed by atoms with Crippen molar-refractivity contribution in [2.24, 2.45) is 0 Å². The van der Waals surface area contributed by atoms with E-state index >= 15 is 0 Å². The molecule has 0 aliphatic carbocycles. The third kappa shape index (κ3) is 3.84. The van der Waals surface area contributed by atoms with Crippen molar-refractivity contribution in [2.45, 2.75) is 20.3 Å². The van der Waals surface area contributed by atoms with E-state index in [1.54, 1.807) is 11.3 Å². The highest BCUT2D eigenvalue weighted by Gasteiger charge is 2.08. The Morgan fingerprint density at radius 2 is 2.15 bits per heavy atom. The van der Waals surface area contributed by atoms with Crippen LogP contribution in [-0.2, 0) is 6.42 Å². The first-order chi connectivity index (χ1) is 9.70. The lowest BCUT2D eigenvalue weighted by Gasteiger charge is -2.10. The standard InChI is InChI=1S/C16H20N2OS/c1-3-17-14-4-5-15(12(2)10-14)16(19)18-8-6-13-7-9-20-11-13/h4-5,7,9-11,17H,3,6,8H2,1-2H3,(H,18,19). The van der Waals surface area contributed by atoms with Gasteiger partial charge >= 0.3 is 0 Å². The first-order valence-corrected chi connectivity index (χ1v) is 7.78. The smallest absolute Gasteiger partial charge is 0.251 e. The van der Waals surface area contributed by atoms with Crippen molar-refractivity contribution in [3.63, 3.8) is 0 Å². The van der Waals surface area contributed by atoms with E-state index in [1.807, 2.05) is 25.1 Å². The van der Waals surface area contributed by atoms with Gasteiger partial charge in [0.25, 0.3) is 5.91 Å². The Kier molecular flexibility index (Phi) is 5.18. The molecule has 1 heterocycles. The van der Waals surface area contributed by atoms with E-state index in [0.29, 0.717) is 6.54 Å². The highest BCUT2D eigenvalue weighted by atomic mass is 32.1. The molecule has 0 radical (unpaired) electrons. The quantitative estimate of drug-likeness (QED) is 0.854. The van der Waals surface area contributed by atoms with Crippen molar-refractivity contribution in [3.8, 4) is 0 Å². The van der Waals surface area contributed by atoms with Gasteiger partial charge in [0.2, 0.25) is 0 Å². The van der Waals surface area contributed by atoms with E-state index < -0.39 is 0 Å². The topological polar surface area (TPSA) is 41.1 Å². The molecule has 20 heavy (non-hydrogen) atoms. The van der Waals surface area contributed by atoms with Crippen LogP contribution in [0.1, 0.15) is 28.4 Å². The zero-order chi connectivity index (χ0) is 14.4. The summed E-state index contributed by atoms with van der Waals surface area (Å²) in [4.78, 5) is 12.1. The number of carbonyl (C=O) groups is 1. The van der Waals surface area contributed by atoms with Crippen molar-refractivity contribution >= 4 is 22.9 Å². The fourth-order valence-corrected chi connectivity index (χ4v) is 2.79. The molecule has 0 unspecified atom stereocenters. The Labute approximate surface area is 124 Å². The predicted molar refractivity (Wildman–Crippen MR) is 85.7 cm³/mol. The van der Waals surface area contributed by atoms with Gasteiger partial charge in [0.1, 0.15) is 0 Å². The molecule has 0 aliphatic heterocycles. The summed E-state index contributed by atoms with van der Waals surface area (Å²) in [7, 11) is 0. The summed E-state index contributed by atoms with van der Waals surface area (Å²) in [5.41, 5.74) is 4.07. The van der Waals surface area contributed by atoms with Crippen molar-refractivity contribution in [3.05, 3.63) is 51.7 Å². The molecule has 4 heteroatoms. The number of rotatable bonds is 6. The van der Waals surface area contributed by atoms with Gasteiger partial charge in [-0.15, -0.1) is 0 Å². The van der Waals surface area contributed by atoms with E-state index in [1.165, 1.54) is 5.56 Å². The Hall–Kier alpha value is -1.81. The zero-order valence-electron chi connectivity index (χ0n) is 11.9.